The normalized spacial score (nSPS) is 11.9. The first-order chi connectivity index (χ1) is 7.13. The number of ketones is 1. The lowest BCUT2D eigenvalue weighted by molar-refractivity contribution is -0.118. The molecule has 1 aromatic rings. The van der Waals surface area contributed by atoms with Gasteiger partial charge < -0.3 is 9.47 Å². The third-order valence-electron chi connectivity index (χ3n) is 1.97. The molecule has 0 amide bonds. The second-order valence-corrected chi connectivity index (χ2v) is 3.49. The maximum absolute atomic E-state index is 10.9. The van der Waals surface area contributed by atoms with Crippen molar-refractivity contribution in [2.75, 3.05) is 7.11 Å². The zero-order valence-corrected chi connectivity index (χ0v) is 9.32. The lowest BCUT2D eigenvalue weighted by atomic mass is 10.2. The number of methoxy groups -OCH3 is 1. The predicted molar refractivity (Wildman–Crippen MR) is 58.4 cm³/mol. The molecular weight excluding hydrogens is 192 g/mol. The lowest BCUT2D eigenvalue weighted by Gasteiger charge is -2.15. The molecule has 0 fully saturated rings. The van der Waals surface area contributed by atoms with Crippen LogP contribution in [0.3, 0.4) is 0 Å². The number of hydrogen-bond donors (Lipinski definition) is 0. The number of carbonyl (C=O) groups is 1. The molecule has 0 saturated heterocycles. The third kappa shape index (κ3) is 3.62. The molecule has 15 heavy (non-hydrogen) atoms. The van der Waals surface area contributed by atoms with Gasteiger partial charge in [0.1, 0.15) is 11.9 Å². The van der Waals surface area contributed by atoms with E-state index in [1.807, 2.05) is 31.2 Å². The molecule has 0 radical (unpaired) electrons. The Kier molecular flexibility index (Phi) is 4.16. The van der Waals surface area contributed by atoms with Crippen LogP contribution in [-0.2, 0) is 4.79 Å². The van der Waals surface area contributed by atoms with Crippen LogP contribution in [0.1, 0.15) is 20.3 Å². The largest absolute Gasteiger partial charge is 0.493 e. The standard InChI is InChI=1S/C12H16O3/c1-9(13)8-10(2)15-12-7-5-4-6-11(12)14-3/h4-7,10H,8H2,1-3H3. The van der Waals surface area contributed by atoms with Gasteiger partial charge in [-0.15, -0.1) is 0 Å². The molecule has 0 saturated carbocycles. The van der Waals surface area contributed by atoms with Crippen molar-refractivity contribution in [2.24, 2.45) is 0 Å². The monoisotopic (exact) mass is 208 g/mol. The molecule has 0 spiro atoms. The van der Waals surface area contributed by atoms with E-state index in [0.29, 0.717) is 17.9 Å². The van der Waals surface area contributed by atoms with Crippen LogP contribution >= 0.6 is 0 Å². The summed E-state index contributed by atoms with van der Waals surface area (Å²) in [5.41, 5.74) is 0. The molecule has 3 nitrogen and oxygen atoms in total. The van der Waals surface area contributed by atoms with E-state index in [1.165, 1.54) is 0 Å². The van der Waals surface area contributed by atoms with E-state index in [-0.39, 0.29) is 11.9 Å². The molecule has 0 aliphatic rings. The van der Waals surface area contributed by atoms with Gasteiger partial charge in [0.25, 0.3) is 0 Å². The summed E-state index contributed by atoms with van der Waals surface area (Å²) >= 11 is 0. The van der Waals surface area contributed by atoms with Crippen LogP contribution in [0.15, 0.2) is 24.3 Å². The smallest absolute Gasteiger partial charge is 0.161 e. The van der Waals surface area contributed by atoms with Crippen molar-refractivity contribution in [2.45, 2.75) is 26.4 Å². The summed E-state index contributed by atoms with van der Waals surface area (Å²) in [5.74, 6) is 1.49. The maximum atomic E-state index is 10.9. The molecule has 3 heteroatoms. The lowest BCUT2D eigenvalue weighted by Crippen LogP contribution is -2.15. The number of Topliss-reactive ketones (excluding diaryl/α,β-unsaturated/α-hetero) is 1. The highest BCUT2D eigenvalue weighted by Crippen LogP contribution is 2.27. The number of rotatable bonds is 5. The van der Waals surface area contributed by atoms with E-state index >= 15 is 0 Å². The summed E-state index contributed by atoms with van der Waals surface area (Å²) in [7, 11) is 1.60. The van der Waals surface area contributed by atoms with Gasteiger partial charge in [0.05, 0.1) is 7.11 Å². The average molecular weight is 208 g/mol. The Morgan fingerprint density at radius 1 is 1.33 bits per heavy atom. The van der Waals surface area contributed by atoms with E-state index in [4.69, 9.17) is 9.47 Å². The van der Waals surface area contributed by atoms with Crippen molar-refractivity contribution in [1.29, 1.82) is 0 Å². The van der Waals surface area contributed by atoms with Gasteiger partial charge in [0.2, 0.25) is 0 Å². The quantitative estimate of drug-likeness (QED) is 0.745. The Morgan fingerprint density at radius 2 is 1.93 bits per heavy atom. The second-order valence-electron chi connectivity index (χ2n) is 3.49. The molecule has 0 bridgehead atoms. The molecule has 0 heterocycles. The zero-order valence-electron chi connectivity index (χ0n) is 9.32. The first-order valence-corrected chi connectivity index (χ1v) is 4.92. The SMILES string of the molecule is COc1ccccc1OC(C)CC(C)=O. The fourth-order valence-corrected chi connectivity index (χ4v) is 1.38. The molecular formula is C12H16O3. The topological polar surface area (TPSA) is 35.5 Å². The third-order valence-corrected chi connectivity index (χ3v) is 1.97. The zero-order chi connectivity index (χ0) is 11.3. The summed E-state index contributed by atoms with van der Waals surface area (Å²) in [6.07, 6.45) is 0.289. The van der Waals surface area contributed by atoms with Crippen molar-refractivity contribution < 1.29 is 14.3 Å². The molecule has 0 aliphatic heterocycles. The summed E-state index contributed by atoms with van der Waals surface area (Å²) < 4.78 is 10.7. The number of benzene rings is 1. The molecule has 82 valence electrons. The first kappa shape index (κ1) is 11.6. The van der Waals surface area contributed by atoms with Crippen molar-refractivity contribution >= 4 is 5.78 Å². The van der Waals surface area contributed by atoms with Crippen molar-refractivity contribution in [3.63, 3.8) is 0 Å². The summed E-state index contributed by atoms with van der Waals surface area (Å²) in [6.45, 7) is 3.43. The van der Waals surface area contributed by atoms with Crippen LogP contribution in [-0.4, -0.2) is 19.0 Å². The van der Waals surface area contributed by atoms with Gasteiger partial charge >= 0.3 is 0 Å². The number of carbonyl (C=O) groups excluding carboxylic acids is 1. The molecule has 1 unspecified atom stereocenters. The van der Waals surface area contributed by atoms with Crippen LogP contribution in [0.4, 0.5) is 0 Å². The van der Waals surface area contributed by atoms with Crippen LogP contribution < -0.4 is 9.47 Å². The van der Waals surface area contributed by atoms with Crippen molar-refractivity contribution in [3.05, 3.63) is 24.3 Å². The highest BCUT2D eigenvalue weighted by Gasteiger charge is 2.09. The number of ether oxygens (including phenoxy) is 2. The molecule has 0 aromatic heterocycles. The second kappa shape index (κ2) is 5.39. The Balaban J connectivity index is 2.67. The predicted octanol–water partition coefficient (Wildman–Crippen LogP) is 2.44. The highest BCUT2D eigenvalue weighted by atomic mass is 16.5. The average Bonchev–Trinajstić information content (AvgIpc) is 2.17. The Hall–Kier alpha value is -1.51. The van der Waals surface area contributed by atoms with Crippen LogP contribution in [0.5, 0.6) is 11.5 Å². The summed E-state index contributed by atoms with van der Waals surface area (Å²) in [5, 5.41) is 0. The summed E-state index contributed by atoms with van der Waals surface area (Å²) in [4.78, 5) is 10.9. The van der Waals surface area contributed by atoms with Crippen molar-refractivity contribution in [3.8, 4) is 11.5 Å². The van der Waals surface area contributed by atoms with Gasteiger partial charge in [-0.3, -0.25) is 4.79 Å². The Bertz CT molecular complexity index is 333. The fraction of sp³-hybridized carbons (Fsp3) is 0.417. The highest BCUT2D eigenvalue weighted by molar-refractivity contribution is 5.75. The van der Waals surface area contributed by atoms with Crippen molar-refractivity contribution in [1.82, 2.24) is 0 Å². The maximum Gasteiger partial charge on any atom is 0.161 e. The molecule has 1 atom stereocenters. The molecule has 1 aromatic carbocycles. The fourth-order valence-electron chi connectivity index (χ4n) is 1.38. The van der Waals surface area contributed by atoms with E-state index in [0.717, 1.165) is 0 Å². The van der Waals surface area contributed by atoms with Gasteiger partial charge in [0.15, 0.2) is 11.5 Å². The first-order valence-electron chi connectivity index (χ1n) is 4.92. The minimum absolute atomic E-state index is 0.123. The van der Waals surface area contributed by atoms with Gasteiger partial charge in [-0.05, 0) is 26.0 Å². The molecule has 0 aliphatic carbocycles. The number of hydrogen-bond acceptors (Lipinski definition) is 3. The van der Waals surface area contributed by atoms with E-state index in [2.05, 4.69) is 0 Å². The van der Waals surface area contributed by atoms with E-state index in [9.17, 15) is 4.79 Å². The molecule has 1 rings (SSSR count). The van der Waals surface area contributed by atoms with Gasteiger partial charge in [-0.1, -0.05) is 12.1 Å². The van der Waals surface area contributed by atoms with Crippen LogP contribution in [0.25, 0.3) is 0 Å². The number of para-hydroxylation sites is 2. The minimum Gasteiger partial charge on any atom is -0.493 e. The Labute approximate surface area is 90.0 Å². The van der Waals surface area contributed by atoms with Gasteiger partial charge in [-0.2, -0.15) is 0 Å². The Morgan fingerprint density at radius 3 is 2.47 bits per heavy atom. The molecule has 0 N–H and O–H groups in total. The van der Waals surface area contributed by atoms with Gasteiger partial charge in [0, 0.05) is 6.42 Å². The minimum atomic E-state index is -0.126. The van der Waals surface area contributed by atoms with E-state index in [1.54, 1.807) is 14.0 Å². The van der Waals surface area contributed by atoms with E-state index < -0.39 is 0 Å². The van der Waals surface area contributed by atoms with Gasteiger partial charge in [-0.25, -0.2) is 0 Å². The van der Waals surface area contributed by atoms with Crippen LogP contribution in [0.2, 0.25) is 0 Å². The summed E-state index contributed by atoms with van der Waals surface area (Å²) in [6, 6.07) is 7.41. The van der Waals surface area contributed by atoms with Crippen LogP contribution in [0, 0.1) is 0 Å².